The van der Waals surface area contributed by atoms with E-state index in [0.717, 1.165) is 33.4 Å². The van der Waals surface area contributed by atoms with E-state index in [2.05, 4.69) is 26.4 Å². The zero-order valence-electron chi connectivity index (χ0n) is 14.8. The van der Waals surface area contributed by atoms with Crippen LogP contribution in [0, 0.1) is 0 Å². The number of hydrogen-bond donors (Lipinski definition) is 1. The number of pyridine rings is 2. The van der Waals surface area contributed by atoms with Gasteiger partial charge in [0.05, 0.1) is 29.5 Å². The number of halogens is 1. The van der Waals surface area contributed by atoms with Gasteiger partial charge < -0.3 is 5.32 Å². The Morgan fingerprint density at radius 2 is 1.96 bits per heavy atom. The molecular formula is C21H16ClN5O. The molecule has 28 heavy (non-hydrogen) atoms. The fourth-order valence-corrected chi connectivity index (χ4v) is 3.61. The summed E-state index contributed by atoms with van der Waals surface area (Å²) in [4.78, 5) is 21.3. The van der Waals surface area contributed by atoms with E-state index in [9.17, 15) is 4.79 Å². The summed E-state index contributed by atoms with van der Waals surface area (Å²) in [5.41, 5.74) is 4.87. The second kappa shape index (κ2) is 6.73. The fourth-order valence-electron chi connectivity index (χ4n) is 3.44. The molecule has 5 rings (SSSR count). The summed E-state index contributed by atoms with van der Waals surface area (Å²) in [5.74, 6) is 0.207. The monoisotopic (exact) mass is 389 g/mol. The molecular weight excluding hydrogens is 374 g/mol. The van der Waals surface area contributed by atoms with E-state index >= 15 is 0 Å². The number of benzene rings is 1. The van der Waals surface area contributed by atoms with E-state index in [0.29, 0.717) is 18.1 Å². The minimum atomic E-state index is -0.149. The number of para-hydroxylation sites is 1. The highest BCUT2D eigenvalue weighted by molar-refractivity contribution is 6.18. The van der Waals surface area contributed by atoms with Gasteiger partial charge in [0.2, 0.25) is 0 Å². The number of amides is 1. The number of alkyl halides is 1. The molecule has 138 valence electrons. The number of nitrogens with one attached hydrogen (secondary N) is 1. The molecule has 0 fully saturated rings. The fraction of sp³-hybridized carbons (Fsp3) is 0.143. The Morgan fingerprint density at radius 1 is 1.07 bits per heavy atom. The molecule has 1 aliphatic rings. The van der Waals surface area contributed by atoms with Gasteiger partial charge >= 0.3 is 0 Å². The van der Waals surface area contributed by atoms with Gasteiger partial charge in [0.25, 0.3) is 5.91 Å². The number of carbonyl (C=O) groups is 1. The average molecular weight is 390 g/mol. The van der Waals surface area contributed by atoms with Crippen molar-refractivity contribution >= 4 is 28.4 Å². The van der Waals surface area contributed by atoms with Crippen LogP contribution in [0.3, 0.4) is 0 Å². The Labute approximate surface area is 166 Å². The molecule has 6 nitrogen and oxygen atoms in total. The minimum absolute atomic E-state index is 0.105. The van der Waals surface area contributed by atoms with Gasteiger partial charge in [-0.25, -0.2) is 0 Å². The lowest BCUT2D eigenvalue weighted by atomic mass is 10.1. The summed E-state index contributed by atoms with van der Waals surface area (Å²) in [6.07, 6.45) is 3.57. The second-order valence-corrected chi connectivity index (χ2v) is 7.08. The van der Waals surface area contributed by atoms with Crippen LogP contribution in [0.2, 0.25) is 0 Å². The Kier molecular flexibility index (Phi) is 4.06. The predicted octanol–water partition coefficient (Wildman–Crippen LogP) is 3.51. The Bertz CT molecular complexity index is 1200. The number of rotatable bonds is 3. The van der Waals surface area contributed by atoms with Crippen molar-refractivity contribution in [3.63, 3.8) is 0 Å². The van der Waals surface area contributed by atoms with Crippen LogP contribution < -0.4 is 5.32 Å². The van der Waals surface area contributed by atoms with Crippen LogP contribution in [0.1, 0.15) is 10.5 Å². The third kappa shape index (κ3) is 2.92. The summed E-state index contributed by atoms with van der Waals surface area (Å²) in [6.45, 7) is 0.567. The van der Waals surface area contributed by atoms with Crippen molar-refractivity contribution in [3.05, 3.63) is 66.6 Å². The molecule has 1 N–H and O–H groups in total. The van der Waals surface area contributed by atoms with Crippen LogP contribution in [0.15, 0.2) is 60.9 Å². The maximum atomic E-state index is 12.3. The summed E-state index contributed by atoms with van der Waals surface area (Å²) >= 11 is 5.90. The molecule has 4 heterocycles. The van der Waals surface area contributed by atoms with E-state index in [1.165, 1.54) is 0 Å². The maximum absolute atomic E-state index is 12.3. The van der Waals surface area contributed by atoms with Crippen LogP contribution in [0.5, 0.6) is 0 Å². The van der Waals surface area contributed by atoms with Gasteiger partial charge in [0, 0.05) is 34.8 Å². The molecule has 0 bridgehead atoms. The molecule has 0 aliphatic carbocycles. The van der Waals surface area contributed by atoms with E-state index in [4.69, 9.17) is 11.6 Å². The van der Waals surface area contributed by atoms with Crippen LogP contribution in [-0.2, 0) is 6.54 Å². The normalized spacial score (nSPS) is 16.0. The minimum Gasteiger partial charge on any atom is -0.345 e. The summed E-state index contributed by atoms with van der Waals surface area (Å²) < 4.78 is 1.72. The molecule has 0 radical (unpaired) electrons. The van der Waals surface area contributed by atoms with Crippen LogP contribution >= 0.6 is 11.6 Å². The standard InChI is InChI=1S/C21H16ClN5O/c22-10-16-12-27-20(21(28)25-16)9-19(26-27)14-5-6-23-18(8-14)15-7-13-3-1-2-4-17(13)24-11-15/h1-9,11,16H,10,12H2,(H,25,28). The predicted molar refractivity (Wildman–Crippen MR) is 108 cm³/mol. The first-order valence-corrected chi connectivity index (χ1v) is 9.51. The molecule has 1 unspecified atom stereocenters. The average Bonchev–Trinajstić information content (AvgIpc) is 3.18. The Hall–Kier alpha value is -3.25. The zero-order chi connectivity index (χ0) is 19.1. The molecule has 7 heteroatoms. The second-order valence-electron chi connectivity index (χ2n) is 6.77. The molecule has 1 aliphatic heterocycles. The lowest BCUT2D eigenvalue weighted by Gasteiger charge is -2.22. The summed E-state index contributed by atoms with van der Waals surface area (Å²) in [5, 5.41) is 8.56. The van der Waals surface area contributed by atoms with Crippen molar-refractivity contribution in [3.8, 4) is 22.5 Å². The van der Waals surface area contributed by atoms with Gasteiger partial charge in [0.1, 0.15) is 5.69 Å². The van der Waals surface area contributed by atoms with Gasteiger partial charge in [-0.3, -0.25) is 19.4 Å². The van der Waals surface area contributed by atoms with Crippen molar-refractivity contribution in [2.75, 3.05) is 5.88 Å². The molecule has 1 amide bonds. The summed E-state index contributed by atoms with van der Waals surface area (Å²) in [7, 11) is 0. The smallest absolute Gasteiger partial charge is 0.269 e. The molecule has 3 aromatic heterocycles. The van der Waals surface area contributed by atoms with E-state index < -0.39 is 0 Å². The number of hydrogen-bond acceptors (Lipinski definition) is 4. The third-order valence-electron chi connectivity index (χ3n) is 4.87. The highest BCUT2D eigenvalue weighted by Crippen LogP contribution is 2.26. The number of carbonyl (C=O) groups excluding carboxylic acids is 1. The Morgan fingerprint density at radius 3 is 2.86 bits per heavy atom. The van der Waals surface area contributed by atoms with Gasteiger partial charge in [-0.15, -0.1) is 11.6 Å². The lowest BCUT2D eigenvalue weighted by Crippen LogP contribution is -2.45. The first-order chi connectivity index (χ1) is 13.7. The van der Waals surface area contributed by atoms with Crippen molar-refractivity contribution in [2.24, 2.45) is 0 Å². The highest BCUT2D eigenvalue weighted by atomic mass is 35.5. The molecule has 4 aromatic rings. The number of nitrogens with zero attached hydrogens (tertiary/aromatic N) is 4. The first-order valence-electron chi connectivity index (χ1n) is 8.97. The van der Waals surface area contributed by atoms with Gasteiger partial charge in [-0.05, 0) is 30.3 Å². The van der Waals surface area contributed by atoms with Gasteiger partial charge in [-0.2, -0.15) is 5.10 Å². The molecule has 1 aromatic carbocycles. The van der Waals surface area contributed by atoms with Crippen molar-refractivity contribution in [1.29, 1.82) is 0 Å². The number of fused-ring (bicyclic) bond motifs is 2. The lowest BCUT2D eigenvalue weighted by molar-refractivity contribution is 0.0902. The van der Waals surface area contributed by atoms with Crippen molar-refractivity contribution in [2.45, 2.75) is 12.6 Å². The van der Waals surface area contributed by atoms with Gasteiger partial charge in [0.15, 0.2) is 0 Å². The quantitative estimate of drug-likeness (QED) is 0.544. The molecule has 1 atom stereocenters. The van der Waals surface area contributed by atoms with Crippen LogP contribution in [-0.4, -0.2) is 37.6 Å². The molecule has 0 saturated heterocycles. The first kappa shape index (κ1) is 16.9. The van der Waals surface area contributed by atoms with Crippen molar-refractivity contribution < 1.29 is 4.79 Å². The van der Waals surface area contributed by atoms with E-state index in [1.807, 2.05) is 42.6 Å². The largest absolute Gasteiger partial charge is 0.345 e. The van der Waals surface area contributed by atoms with Crippen molar-refractivity contribution in [1.82, 2.24) is 25.1 Å². The highest BCUT2D eigenvalue weighted by Gasteiger charge is 2.25. The van der Waals surface area contributed by atoms with E-state index in [1.54, 1.807) is 16.9 Å². The molecule has 0 saturated carbocycles. The number of aromatic nitrogens is 4. The van der Waals surface area contributed by atoms with Crippen LogP contribution in [0.4, 0.5) is 0 Å². The zero-order valence-corrected chi connectivity index (χ0v) is 15.6. The maximum Gasteiger partial charge on any atom is 0.269 e. The Balaban J connectivity index is 1.53. The summed E-state index contributed by atoms with van der Waals surface area (Å²) in [6, 6.07) is 15.6. The van der Waals surface area contributed by atoms with Crippen LogP contribution in [0.25, 0.3) is 33.4 Å². The van der Waals surface area contributed by atoms with E-state index in [-0.39, 0.29) is 11.9 Å². The third-order valence-corrected chi connectivity index (χ3v) is 5.24. The topological polar surface area (TPSA) is 72.7 Å². The van der Waals surface area contributed by atoms with Gasteiger partial charge in [-0.1, -0.05) is 18.2 Å². The molecule has 0 spiro atoms. The SMILES string of the molecule is O=C1NC(CCl)Cn2nc(-c3ccnc(-c4cnc5ccccc5c4)c3)cc21.